The van der Waals surface area contributed by atoms with Crippen molar-refractivity contribution in [2.45, 2.75) is 32.5 Å². The molecule has 1 aliphatic heterocycles. The molecule has 0 amide bonds. The van der Waals surface area contributed by atoms with Crippen molar-refractivity contribution in [3.8, 4) is 11.3 Å². The van der Waals surface area contributed by atoms with Crippen LogP contribution in [0.5, 0.6) is 0 Å². The number of aromatic nitrogens is 2. The zero-order valence-corrected chi connectivity index (χ0v) is 15.0. The Morgan fingerprint density at radius 3 is 2.19 bits per heavy atom. The van der Waals surface area contributed by atoms with Crippen molar-refractivity contribution in [1.29, 1.82) is 0 Å². The van der Waals surface area contributed by atoms with Gasteiger partial charge in [0.05, 0.1) is 11.3 Å². The molecular formula is C19H23F3N4. The van der Waals surface area contributed by atoms with Gasteiger partial charge >= 0.3 is 6.18 Å². The van der Waals surface area contributed by atoms with Crippen molar-refractivity contribution in [1.82, 2.24) is 15.1 Å². The molecule has 1 fully saturated rings. The topological polar surface area (TPSA) is 32.3 Å². The Kier molecular flexibility index (Phi) is 5.46. The minimum atomic E-state index is -4.33. The SMILES string of the molecule is CC(C)N1CCCN(c2ccc(-c3ccc(C(F)(F)F)cc3)nn2)CC1. The molecule has 0 radical (unpaired) electrons. The summed E-state index contributed by atoms with van der Waals surface area (Å²) in [6.07, 6.45) is -3.26. The van der Waals surface area contributed by atoms with Crippen molar-refractivity contribution in [2.75, 3.05) is 31.1 Å². The molecule has 1 saturated heterocycles. The van der Waals surface area contributed by atoms with Crippen LogP contribution in [0, 0.1) is 0 Å². The first-order valence-electron chi connectivity index (χ1n) is 8.85. The van der Waals surface area contributed by atoms with E-state index in [9.17, 15) is 13.2 Å². The highest BCUT2D eigenvalue weighted by molar-refractivity contribution is 5.60. The Morgan fingerprint density at radius 1 is 0.885 bits per heavy atom. The third-order valence-electron chi connectivity index (χ3n) is 4.74. The van der Waals surface area contributed by atoms with Crippen LogP contribution in [0.25, 0.3) is 11.3 Å². The van der Waals surface area contributed by atoms with Gasteiger partial charge in [-0.1, -0.05) is 12.1 Å². The van der Waals surface area contributed by atoms with Crippen LogP contribution in [0.15, 0.2) is 36.4 Å². The highest BCUT2D eigenvalue weighted by atomic mass is 19.4. The maximum Gasteiger partial charge on any atom is 0.416 e. The lowest BCUT2D eigenvalue weighted by Gasteiger charge is -2.25. The van der Waals surface area contributed by atoms with Gasteiger partial charge in [-0.05, 0) is 44.5 Å². The molecule has 2 aromatic rings. The average molecular weight is 364 g/mol. The Labute approximate surface area is 151 Å². The van der Waals surface area contributed by atoms with Crippen molar-refractivity contribution in [3.63, 3.8) is 0 Å². The lowest BCUT2D eigenvalue weighted by molar-refractivity contribution is -0.137. The molecule has 2 heterocycles. The molecule has 7 heteroatoms. The number of hydrogen-bond acceptors (Lipinski definition) is 4. The molecule has 1 aromatic heterocycles. The Hall–Kier alpha value is -2.15. The number of nitrogens with zero attached hydrogens (tertiary/aromatic N) is 4. The summed E-state index contributed by atoms with van der Waals surface area (Å²) in [6, 6.07) is 9.24. The predicted molar refractivity (Wildman–Crippen MR) is 96.0 cm³/mol. The van der Waals surface area contributed by atoms with Crippen molar-refractivity contribution in [3.05, 3.63) is 42.0 Å². The van der Waals surface area contributed by atoms with E-state index in [4.69, 9.17) is 0 Å². The highest BCUT2D eigenvalue weighted by Gasteiger charge is 2.30. The van der Waals surface area contributed by atoms with Gasteiger partial charge in [0, 0.05) is 37.8 Å². The van der Waals surface area contributed by atoms with Gasteiger partial charge in [-0.2, -0.15) is 13.2 Å². The third kappa shape index (κ3) is 4.33. The molecule has 0 aliphatic carbocycles. The van der Waals surface area contributed by atoms with Crippen LogP contribution in [0.3, 0.4) is 0 Å². The number of halogens is 3. The second kappa shape index (κ2) is 7.61. The van der Waals surface area contributed by atoms with Gasteiger partial charge in [0.1, 0.15) is 0 Å². The fourth-order valence-corrected chi connectivity index (χ4v) is 3.16. The zero-order valence-electron chi connectivity index (χ0n) is 15.0. The van der Waals surface area contributed by atoms with Crippen LogP contribution in [0.2, 0.25) is 0 Å². The minimum Gasteiger partial charge on any atom is -0.354 e. The van der Waals surface area contributed by atoms with Gasteiger partial charge in [0.25, 0.3) is 0 Å². The number of anilines is 1. The monoisotopic (exact) mass is 364 g/mol. The summed E-state index contributed by atoms with van der Waals surface area (Å²) >= 11 is 0. The van der Waals surface area contributed by atoms with Gasteiger partial charge in [0.2, 0.25) is 0 Å². The van der Waals surface area contributed by atoms with Crippen molar-refractivity contribution in [2.24, 2.45) is 0 Å². The average Bonchev–Trinajstić information content (AvgIpc) is 2.88. The number of hydrogen-bond donors (Lipinski definition) is 0. The molecule has 1 aromatic carbocycles. The molecule has 0 bridgehead atoms. The summed E-state index contributed by atoms with van der Waals surface area (Å²) in [5.41, 5.74) is 0.533. The first-order chi connectivity index (χ1) is 12.3. The molecule has 0 atom stereocenters. The second-order valence-corrected chi connectivity index (χ2v) is 6.82. The largest absolute Gasteiger partial charge is 0.416 e. The van der Waals surface area contributed by atoms with E-state index in [-0.39, 0.29) is 0 Å². The normalized spacial score (nSPS) is 16.8. The molecule has 0 N–H and O–H groups in total. The number of alkyl halides is 3. The Bertz CT molecular complexity index is 711. The summed E-state index contributed by atoms with van der Waals surface area (Å²) in [4.78, 5) is 4.66. The fourth-order valence-electron chi connectivity index (χ4n) is 3.16. The summed E-state index contributed by atoms with van der Waals surface area (Å²) in [5, 5.41) is 8.51. The van der Waals surface area contributed by atoms with Gasteiger partial charge in [0.15, 0.2) is 5.82 Å². The van der Waals surface area contributed by atoms with E-state index in [1.807, 2.05) is 12.1 Å². The van der Waals surface area contributed by atoms with Crippen molar-refractivity contribution >= 4 is 5.82 Å². The first kappa shape index (κ1) is 18.6. The van der Waals surface area contributed by atoms with Crippen LogP contribution in [0.4, 0.5) is 19.0 Å². The van der Waals surface area contributed by atoms with Gasteiger partial charge in [-0.3, -0.25) is 4.90 Å². The summed E-state index contributed by atoms with van der Waals surface area (Å²) in [7, 11) is 0. The lowest BCUT2D eigenvalue weighted by Crippen LogP contribution is -2.35. The molecule has 0 unspecified atom stereocenters. The molecule has 1 aliphatic rings. The Morgan fingerprint density at radius 2 is 1.62 bits per heavy atom. The third-order valence-corrected chi connectivity index (χ3v) is 4.74. The fraction of sp³-hybridized carbons (Fsp3) is 0.474. The van der Waals surface area contributed by atoms with Crippen LogP contribution in [-0.2, 0) is 6.18 Å². The smallest absolute Gasteiger partial charge is 0.354 e. The number of rotatable bonds is 3. The maximum atomic E-state index is 12.7. The Balaban J connectivity index is 1.70. The minimum absolute atomic E-state index is 0.531. The standard InChI is InChI=1S/C19H23F3N4/c1-14(2)25-10-3-11-26(13-12-25)18-9-8-17(23-24-18)15-4-6-16(7-5-15)19(20,21)22/h4-9,14H,3,10-13H2,1-2H3. The van der Waals surface area contributed by atoms with E-state index >= 15 is 0 Å². The molecule has 140 valence electrons. The van der Waals surface area contributed by atoms with Gasteiger partial charge < -0.3 is 4.90 Å². The summed E-state index contributed by atoms with van der Waals surface area (Å²) in [6.45, 7) is 8.29. The van der Waals surface area contributed by atoms with Gasteiger partial charge in [-0.15, -0.1) is 10.2 Å². The van der Waals surface area contributed by atoms with E-state index in [2.05, 4.69) is 33.8 Å². The second-order valence-electron chi connectivity index (χ2n) is 6.82. The van der Waals surface area contributed by atoms with E-state index < -0.39 is 11.7 Å². The van der Waals surface area contributed by atoms with Gasteiger partial charge in [-0.25, -0.2) is 0 Å². The van der Waals surface area contributed by atoms with E-state index in [0.717, 1.165) is 50.6 Å². The predicted octanol–water partition coefficient (Wildman–Crippen LogP) is 4.08. The van der Waals surface area contributed by atoms with Crippen LogP contribution in [0.1, 0.15) is 25.8 Å². The number of benzene rings is 1. The van der Waals surface area contributed by atoms with E-state index in [1.165, 1.54) is 12.1 Å². The molecular weight excluding hydrogens is 341 g/mol. The van der Waals surface area contributed by atoms with Crippen molar-refractivity contribution < 1.29 is 13.2 Å². The lowest BCUT2D eigenvalue weighted by atomic mass is 10.1. The van der Waals surface area contributed by atoms with E-state index in [0.29, 0.717) is 17.3 Å². The first-order valence-corrected chi connectivity index (χ1v) is 8.85. The highest BCUT2D eigenvalue weighted by Crippen LogP contribution is 2.30. The van der Waals surface area contributed by atoms with Crippen LogP contribution >= 0.6 is 0 Å². The molecule has 0 spiro atoms. The molecule has 26 heavy (non-hydrogen) atoms. The van der Waals surface area contributed by atoms with Crippen LogP contribution in [-0.4, -0.2) is 47.3 Å². The quantitative estimate of drug-likeness (QED) is 0.821. The summed E-state index contributed by atoms with van der Waals surface area (Å²) < 4.78 is 38.0. The zero-order chi connectivity index (χ0) is 18.7. The molecule has 0 saturated carbocycles. The molecule has 3 rings (SSSR count). The molecule has 4 nitrogen and oxygen atoms in total. The van der Waals surface area contributed by atoms with Crippen LogP contribution < -0.4 is 4.90 Å². The summed E-state index contributed by atoms with van der Waals surface area (Å²) in [5.74, 6) is 0.811. The van der Waals surface area contributed by atoms with E-state index in [1.54, 1.807) is 0 Å². The maximum absolute atomic E-state index is 12.7.